The predicted octanol–water partition coefficient (Wildman–Crippen LogP) is 5.23. The highest BCUT2D eigenvalue weighted by Gasteiger charge is 2.43. The number of carbonyl (C=O) groups is 3. The van der Waals surface area contributed by atoms with Gasteiger partial charge in [-0.15, -0.1) is 0 Å². The van der Waals surface area contributed by atoms with Gasteiger partial charge in [-0.25, -0.2) is 9.18 Å². The molecular formula is C28H25ClFN3O4S. The molecule has 196 valence electrons. The van der Waals surface area contributed by atoms with Gasteiger partial charge in [0.2, 0.25) is 5.91 Å². The lowest BCUT2D eigenvalue weighted by Crippen LogP contribution is -2.39. The second kappa shape index (κ2) is 12.1. The Morgan fingerprint density at radius 1 is 1.03 bits per heavy atom. The third-order valence-electron chi connectivity index (χ3n) is 6.02. The van der Waals surface area contributed by atoms with E-state index in [9.17, 15) is 18.8 Å². The standard InChI is InChI=1S/C28H25ClFN3O4S/c1-2-37-27(36)19-5-11-22(12-6-19)31-25(34)17-24-26(35)33(23-13-9-21(30)10-14-23)28(38)32(24)16-15-18-3-7-20(29)8-4-18/h3-14,24H,2,15-17H2,1H3,(H,31,34). The second-order valence-electron chi connectivity index (χ2n) is 8.57. The fraction of sp³-hybridized carbons (Fsp3) is 0.214. The molecule has 1 unspecified atom stereocenters. The molecule has 0 saturated carbocycles. The molecule has 10 heteroatoms. The van der Waals surface area contributed by atoms with Crippen molar-refractivity contribution in [1.29, 1.82) is 0 Å². The molecule has 38 heavy (non-hydrogen) atoms. The average Bonchev–Trinajstić information content (AvgIpc) is 3.13. The first-order chi connectivity index (χ1) is 18.3. The van der Waals surface area contributed by atoms with E-state index in [4.69, 9.17) is 28.6 Å². The van der Waals surface area contributed by atoms with Gasteiger partial charge in [-0.3, -0.25) is 14.5 Å². The van der Waals surface area contributed by atoms with E-state index in [2.05, 4.69) is 5.32 Å². The Kier molecular flexibility index (Phi) is 8.70. The molecule has 3 aromatic rings. The molecule has 1 atom stereocenters. The van der Waals surface area contributed by atoms with Crippen molar-refractivity contribution in [3.05, 3.63) is 94.8 Å². The molecule has 7 nitrogen and oxygen atoms in total. The van der Waals surface area contributed by atoms with Gasteiger partial charge in [0.15, 0.2) is 5.11 Å². The average molecular weight is 554 g/mol. The minimum absolute atomic E-state index is 0.156. The summed E-state index contributed by atoms with van der Waals surface area (Å²) in [5, 5.41) is 3.63. The molecular weight excluding hydrogens is 529 g/mol. The molecule has 4 rings (SSSR count). The van der Waals surface area contributed by atoms with Crippen LogP contribution in [0.1, 0.15) is 29.3 Å². The smallest absolute Gasteiger partial charge is 0.338 e. The third kappa shape index (κ3) is 6.35. The first-order valence-corrected chi connectivity index (χ1v) is 12.8. The number of anilines is 2. The summed E-state index contributed by atoms with van der Waals surface area (Å²) in [6.07, 6.45) is 0.409. The molecule has 0 bridgehead atoms. The van der Waals surface area contributed by atoms with E-state index >= 15 is 0 Å². The van der Waals surface area contributed by atoms with Gasteiger partial charge in [-0.1, -0.05) is 23.7 Å². The van der Waals surface area contributed by atoms with Crippen LogP contribution in [0.15, 0.2) is 72.8 Å². The highest BCUT2D eigenvalue weighted by molar-refractivity contribution is 7.80. The number of thiocarbonyl (C=S) groups is 1. The number of rotatable bonds is 9. The van der Waals surface area contributed by atoms with Crippen molar-refractivity contribution in [2.24, 2.45) is 0 Å². The van der Waals surface area contributed by atoms with Crippen molar-refractivity contribution in [1.82, 2.24) is 4.90 Å². The Morgan fingerprint density at radius 2 is 1.68 bits per heavy atom. The molecule has 1 aliphatic rings. The van der Waals surface area contributed by atoms with Crippen molar-refractivity contribution in [3.8, 4) is 0 Å². The number of benzene rings is 3. The van der Waals surface area contributed by atoms with Gasteiger partial charge < -0.3 is 15.0 Å². The third-order valence-corrected chi connectivity index (χ3v) is 6.69. The summed E-state index contributed by atoms with van der Waals surface area (Å²) >= 11 is 11.6. The summed E-state index contributed by atoms with van der Waals surface area (Å²) in [5.41, 5.74) is 2.26. The molecule has 1 N–H and O–H groups in total. The number of hydrogen-bond donors (Lipinski definition) is 1. The lowest BCUT2D eigenvalue weighted by Gasteiger charge is -2.24. The number of hydrogen-bond acceptors (Lipinski definition) is 5. The van der Waals surface area contributed by atoms with Crippen LogP contribution < -0.4 is 10.2 Å². The second-order valence-corrected chi connectivity index (χ2v) is 9.37. The number of halogens is 2. The summed E-state index contributed by atoms with van der Waals surface area (Å²) in [6, 6.07) is 18.3. The maximum absolute atomic E-state index is 13.5. The van der Waals surface area contributed by atoms with Gasteiger partial charge in [0.1, 0.15) is 11.9 Å². The molecule has 3 aromatic carbocycles. The Labute approximate surface area is 230 Å². The van der Waals surface area contributed by atoms with Crippen LogP contribution in [-0.4, -0.2) is 47.0 Å². The van der Waals surface area contributed by atoms with E-state index in [0.717, 1.165) is 5.56 Å². The summed E-state index contributed by atoms with van der Waals surface area (Å²) in [5.74, 6) is -1.65. The lowest BCUT2D eigenvalue weighted by molar-refractivity contribution is -0.124. The van der Waals surface area contributed by atoms with E-state index in [-0.39, 0.29) is 24.0 Å². The van der Waals surface area contributed by atoms with Crippen LogP contribution in [-0.2, 0) is 20.7 Å². The number of amides is 2. The zero-order valence-electron chi connectivity index (χ0n) is 20.5. The maximum Gasteiger partial charge on any atom is 0.338 e. The number of esters is 1. The van der Waals surface area contributed by atoms with E-state index < -0.39 is 23.7 Å². The van der Waals surface area contributed by atoms with Crippen LogP contribution in [0.3, 0.4) is 0 Å². The number of ether oxygens (including phenoxy) is 1. The van der Waals surface area contributed by atoms with Crippen LogP contribution in [0.2, 0.25) is 5.02 Å². The first-order valence-electron chi connectivity index (χ1n) is 12.0. The molecule has 1 saturated heterocycles. The van der Waals surface area contributed by atoms with Crippen LogP contribution in [0.5, 0.6) is 0 Å². The van der Waals surface area contributed by atoms with Crippen molar-refractivity contribution in [2.75, 3.05) is 23.4 Å². The van der Waals surface area contributed by atoms with E-state index in [1.54, 1.807) is 48.2 Å². The van der Waals surface area contributed by atoms with Crippen molar-refractivity contribution >= 4 is 58.1 Å². The van der Waals surface area contributed by atoms with Gasteiger partial charge in [0.05, 0.1) is 24.3 Å². The van der Waals surface area contributed by atoms with E-state index in [1.807, 2.05) is 12.1 Å². The Balaban J connectivity index is 1.51. The van der Waals surface area contributed by atoms with Gasteiger partial charge >= 0.3 is 5.97 Å². The number of nitrogens with one attached hydrogen (secondary N) is 1. The molecule has 1 fully saturated rings. The SMILES string of the molecule is CCOC(=O)c1ccc(NC(=O)CC2C(=O)N(c3ccc(F)cc3)C(=S)N2CCc2ccc(Cl)cc2)cc1. The largest absolute Gasteiger partial charge is 0.462 e. The maximum atomic E-state index is 13.5. The molecule has 0 aromatic heterocycles. The predicted molar refractivity (Wildman–Crippen MR) is 148 cm³/mol. The lowest BCUT2D eigenvalue weighted by atomic mass is 10.1. The van der Waals surface area contributed by atoms with E-state index in [1.165, 1.54) is 29.2 Å². The Hall–Kier alpha value is -3.82. The van der Waals surface area contributed by atoms with Crippen LogP contribution in [0, 0.1) is 5.82 Å². The molecule has 0 aliphatic carbocycles. The van der Waals surface area contributed by atoms with Gasteiger partial charge in [-0.2, -0.15) is 0 Å². The van der Waals surface area contributed by atoms with Crippen LogP contribution >= 0.6 is 23.8 Å². The highest BCUT2D eigenvalue weighted by Crippen LogP contribution is 2.28. The quantitative estimate of drug-likeness (QED) is 0.289. The first kappa shape index (κ1) is 27.2. The molecule has 0 radical (unpaired) electrons. The van der Waals surface area contributed by atoms with Crippen molar-refractivity contribution in [3.63, 3.8) is 0 Å². The summed E-state index contributed by atoms with van der Waals surface area (Å²) in [4.78, 5) is 41.4. The molecule has 1 heterocycles. The zero-order valence-corrected chi connectivity index (χ0v) is 22.1. The van der Waals surface area contributed by atoms with E-state index in [0.29, 0.717) is 34.9 Å². The van der Waals surface area contributed by atoms with Crippen LogP contribution in [0.4, 0.5) is 15.8 Å². The Bertz CT molecular complexity index is 1330. The fourth-order valence-electron chi connectivity index (χ4n) is 4.11. The number of carbonyl (C=O) groups excluding carboxylic acids is 3. The normalized spacial score (nSPS) is 15.1. The number of nitrogens with zero attached hydrogens (tertiary/aromatic N) is 2. The molecule has 1 aliphatic heterocycles. The minimum Gasteiger partial charge on any atom is -0.462 e. The van der Waals surface area contributed by atoms with Gasteiger partial charge in [-0.05, 0) is 91.8 Å². The van der Waals surface area contributed by atoms with Gasteiger partial charge in [0.25, 0.3) is 5.91 Å². The van der Waals surface area contributed by atoms with Gasteiger partial charge in [0, 0.05) is 17.3 Å². The van der Waals surface area contributed by atoms with Crippen molar-refractivity contribution < 1.29 is 23.5 Å². The Morgan fingerprint density at radius 3 is 2.32 bits per heavy atom. The monoisotopic (exact) mass is 553 g/mol. The zero-order chi connectivity index (χ0) is 27.2. The molecule has 2 amide bonds. The summed E-state index contributed by atoms with van der Waals surface area (Å²) in [7, 11) is 0. The minimum atomic E-state index is -0.848. The highest BCUT2D eigenvalue weighted by atomic mass is 35.5. The summed E-state index contributed by atoms with van der Waals surface area (Å²) < 4.78 is 18.5. The van der Waals surface area contributed by atoms with Crippen LogP contribution in [0.25, 0.3) is 0 Å². The van der Waals surface area contributed by atoms with Crippen molar-refractivity contribution in [2.45, 2.75) is 25.8 Å². The molecule has 0 spiro atoms. The topological polar surface area (TPSA) is 78.9 Å². The summed E-state index contributed by atoms with van der Waals surface area (Å²) in [6.45, 7) is 2.37. The fourth-order valence-corrected chi connectivity index (χ4v) is 4.65.